The van der Waals surface area contributed by atoms with Crippen molar-refractivity contribution in [2.24, 2.45) is 0 Å². The molecule has 2 nitrogen and oxygen atoms in total. The maximum Gasteiger partial charge on any atom is 0.109 e. The summed E-state index contributed by atoms with van der Waals surface area (Å²) in [5, 5.41) is 0. The number of imidazole rings is 1. The fourth-order valence-corrected chi connectivity index (χ4v) is 2.73. The Bertz CT molecular complexity index is 581. The maximum atomic E-state index is 4.81. The number of aryl methyl sites for hydroxylation is 3. The molecule has 0 aliphatic carbocycles. The number of nitrogens with zero attached hydrogens (tertiary/aromatic N) is 2. The smallest absolute Gasteiger partial charge is 0.109 e. The molecule has 0 radical (unpaired) electrons. The molecule has 2 heteroatoms. The van der Waals surface area contributed by atoms with E-state index in [0.29, 0.717) is 6.04 Å². The van der Waals surface area contributed by atoms with Crippen molar-refractivity contribution < 1.29 is 0 Å². The number of hydrogen-bond donors (Lipinski definition) is 0. The molecule has 1 aromatic carbocycles. The van der Waals surface area contributed by atoms with Gasteiger partial charge in [-0.05, 0) is 50.8 Å². The van der Waals surface area contributed by atoms with E-state index in [9.17, 15) is 0 Å². The second kappa shape index (κ2) is 4.27. The predicted molar refractivity (Wildman–Crippen MR) is 74.8 cm³/mol. The first-order valence-corrected chi connectivity index (χ1v) is 6.80. The third kappa shape index (κ3) is 1.86. The fourth-order valence-electron chi connectivity index (χ4n) is 2.73. The molecular weight excluding hydrogens is 220 g/mol. The number of rotatable bonds is 1. The lowest BCUT2D eigenvalue weighted by atomic mass is 10.0. The van der Waals surface area contributed by atoms with Crippen LogP contribution in [0.1, 0.15) is 42.8 Å². The number of hydrogen-bond acceptors (Lipinski definition) is 1. The standard InChI is InChI=1S/C16H20N2/c1-11-7-8-14(9-12(11)2)15-10-18-13(3)5-4-6-16(18)17-15/h7-10,13H,4-6H2,1-3H3. The zero-order valence-electron chi connectivity index (χ0n) is 11.4. The van der Waals surface area contributed by atoms with E-state index in [1.807, 2.05) is 0 Å². The summed E-state index contributed by atoms with van der Waals surface area (Å²) in [6.07, 6.45) is 5.89. The van der Waals surface area contributed by atoms with Crippen LogP contribution in [0, 0.1) is 13.8 Å². The molecule has 3 rings (SSSR count). The van der Waals surface area contributed by atoms with E-state index < -0.39 is 0 Å². The lowest BCUT2D eigenvalue weighted by molar-refractivity contribution is 0.426. The first-order chi connectivity index (χ1) is 8.65. The molecule has 1 atom stereocenters. The molecular formula is C16H20N2. The molecule has 0 amide bonds. The Labute approximate surface area is 109 Å². The van der Waals surface area contributed by atoms with Gasteiger partial charge in [0, 0.05) is 24.2 Å². The van der Waals surface area contributed by atoms with Crippen molar-refractivity contribution in [1.82, 2.24) is 9.55 Å². The Morgan fingerprint density at radius 3 is 2.78 bits per heavy atom. The van der Waals surface area contributed by atoms with Gasteiger partial charge in [0.2, 0.25) is 0 Å². The molecule has 1 aromatic heterocycles. The van der Waals surface area contributed by atoms with Gasteiger partial charge in [0.05, 0.1) is 5.69 Å². The minimum Gasteiger partial charge on any atom is -0.331 e. The van der Waals surface area contributed by atoms with Crippen LogP contribution in [-0.2, 0) is 6.42 Å². The van der Waals surface area contributed by atoms with E-state index in [4.69, 9.17) is 4.98 Å². The Hall–Kier alpha value is -1.57. The average Bonchev–Trinajstić information content (AvgIpc) is 2.78. The van der Waals surface area contributed by atoms with Gasteiger partial charge in [-0.1, -0.05) is 12.1 Å². The molecule has 1 aliphatic heterocycles. The quantitative estimate of drug-likeness (QED) is 0.735. The highest BCUT2D eigenvalue weighted by molar-refractivity contribution is 5.60. The predicted octanol–water partition coefficient (Wildman–Crippen LogP) is 4.06. The molecule has 0 bridgehead atoms. The van der Waals surface area contributed by atoms with Gasteiger partial charge in [0.25, 0.3) is 0 Å². The van der Waals surface area contributed by atoms with Gasteiger partial charge in [0.1, 0.15) is 5.82 Å². The van der Waals surface area contributed by atoms with Crippen molar-refractivity contribution in [3.05, 3.63) is 41.3 Å². The zero-order valence-corrected chi connectivity index (χ0v) is 11.4. The molecule has 1 unspecified atom stereocenters. The van der Waals surface area contributed by atoms with Gasteiger partial charge in [-0.25, -0.2) is 4.98 Å². The monoisotopic (exact) mass is 240 g/mol. The molecule has 0 saturated carbocycles. The zero-order chi connectivity index (χ0) is 12.7. The summed E-state index contributed by atoms with van der Waals surface area (Å²) in [6.45, 7) is 6.60. The Morgan fingerprint density at radius 1 is 1.22 bits per heavy atom. The van der Waals surface area contributed by atoms with E-state index in [0.717, 1.165) is 12.1 Å². The Balaban J connectivity index is 2.04. The van der Waals surface area contributed by atoms with Gasteiger partial charge in [-0.3, -0.25) is 0 Å². The van der Waals surface area contributed by atoms with Crippen LogP contribution in [0.15, 0.2) is 24.4 Å². The summed E-state index contributed by atoms with van der Waals surface area (Å²) in [6, 6.07) is 7.21. The van der Waals surface area contributed by atoms with Crippen LogP contribution in [0.5, 0.6) is 0 Å². The van der Waals surface area contributed by atoms with Gasteiger partial charge in [0.15, 0.2) is 0 Å². The van der Waals surface area contributed by atoms with Gasteiger partial charge in [-0.2, -0.15) is 0 Å². The highest BCUT2D eigenvalue weighted by Crippen LogP contribution is 2.28. The van der Waals surface area contributed by atoms with E-state index in [1.165, 1.54) is 35.4 Å². The summed E-state index contributed by atoms with van der Waals surface area (Å²) in [5.74, 6) is 1.25. The van der Waals surface area contributed by atoms with Crippen LogP contribution in [0.25, 0.3) is 11.3 Å². The van der Waals surface area contributed by atoms with Crippen molar-refractivity contribution in [3.8, 4) is 11.3 Å². The summed E-state index contributed by atoms with van der Waals surface area (Å²) >= 11 is 0. The maximum absolute atomic E-state index is 4.81. The van der Waals surface area contributed by atoms with Gasteiger partial charge in [-0.15, -0.1) is 0 Å². The van der Waals surface area contributed by atoms with Crippen LogP contribution < -0.4 is 0 Å². The minimum absolute atomic E-state index is 0.599. The molecule has 18 heavy (non-hydrogen) atoms. The Kier molecular flexibility index (Phi) is 2.73. The number of benzene rings is 1. The van der Waals surface area contributed by atoms with E-state index in [2.05, 4.69) is 49.7 Å². The van der Waals surface area contributed by atoms with Gasteiger partial charge >= 0.3 is 0 Å². The normalized spacial score (nSPS) is 18.7. The first-order valence-electron chi connectivity index (χ1n) is 6.80. The highest BCUT2D eigenvalue weighted by atomic mass is 15.1. The van der Waals surface area contributed by atoms with Gasteiger partial charge < -0.3 is 4.57 Å². The van der Waals surface area contributed by atoms with E-state index >= 15 is 0 Å². The third-order valence-corrected chi connectivity index (χ3v) is 4.11. The van der Waals surface area contributed by atoms with Crippen molar-refractivity contribution in [1.29, 1.82) is 0 Å². The van der Waals surface area contributed by atoms with Crippen LogP contribution in [0.4, 0.5) is 0 Å². The van der Waals surface area contributed by atoms with Crippen molar-refractivity contribution in [2.75, 3.05) is 0 Å². The molecule has 94 valence electrons. The first kappa shape index (κ1) is 11.5. The van der Waals surface area contributed by atoms with Crippen molar-refractivity contribution >= 4 is 0 Å². The molecule has 2 aromatic rings. The third-order valence-electron chi connectivity index (χ3n) is 4.11. The second-order valence-electron chi connectivity index (χ2n) is 5.49. The van der Waals surface area contributed by atoms with E-state index in [1.54, 1.807) is 0 Å². The highest BCUT2D eigenvalue weighted by Gasteiger charge is 2.18. The Morgan fingerprint density at radius 2 is 2.06 bits per heavy atom. The fraction of sp³-hybridized carbons (Fsp3) is 0.438. The minimum atomic E-state index is 0.599. The van der Waals surface area contributed by atoms with Crippen LogP contribution >= 0.6 is 0 Å². The summed E-state index contributed by atoms with van der Waals surface area (Å²) in [4.78, 5) is 4.81. The average molecular weight is 240 g/mol. The summed E-state index contributed by atoms with van der Waals surface area (Å²) < 4.78 is 2.36. The topological polar surface area (TPSA) is 17.8 Å². The summed E-state index contributed by atoms with van der Waals surface area (Å²) in [7, 11) is 0. The molecule has 0 spiro atoms. The molecule has 2 heterocycles. The summed E-state index contributed by atoms with van der Waals surface area (Å²) in [5.41, 5.74) is 5.05. The molecule has 1 aliphatic rings. The lowest BCUT2D eigenvalue weighted by Gasteiger charge is -2.20. The van der Waals surface area contributed by atoms with Crippen LogP contribution in [0.3, 0.4) is 0 Å². The van der Waals surface area contributed by atoms with Crippen molar-refractivity contribution in [2.45, 2.75) is 46.1 Å². The number of aromatic nitrogens is 2. The largest absolute Gasteiger partial charge is 0.331 e. The lowest BCUT2D eigenvalue weighted by Crippen LogP contribution is -2.14. The van der Waals surface area contributed by atoms with Crippen molar-refractivity contribution in [3.63, 3.8) is 0 Å². The van der Waals surface area contributed by atoms with E-state index in [-0.39, 0.29) is 0 Å². The van der Waals surface area contributed by atoms with Crippen LogP contribution in [0.2, 0.25) is 0 Å². The molecule has 0 N–H and O–H groups in total. The second-order valence-corrected chi connectivity index (χ2v) is 5.49. The van der Waals surface area contributed by atoms with Crippen LogP contribution in [-0.4, -0.2) is 9.55 Å². The SMILES string of the molecule is Cc1ccc(-c2cn3c(n2)CCCC3C)cc1C. The molecule has 0 saturated heterocycles. The number of fused-ring (bicyclic) bond motifs is 1. The molecule has 0 fully saturated rings.